The molecule has 0 bridgehead atoms. The number of rotatable bonds is 3. The molecular formula is C14H11Br2ClN2O2. The summed E-state index contributed by atoms with van der Waals surface area (Å²) in [5, 5.41) is 3.24. The fourth-order valence-corrected chi connectivity index (χ4v) is 3.17. The molecule has 1 amide bonds. The largest absolute Gasteiger partial charge is 0.493 e. The van der Waals surface area contributed by atoms with Crippen molar-refractivity contribution in [3.8, 4) is 5.75 Å². The van der Waals surface area contributed by atoms with Crippen LogP contribution in [-0.2, 0) is 0 Å². The Bertz CT molecular complexity index is 708. The molecule has 2 aromatic rings. The third kappa shape index (κ3) is 3.70. The molecule has 0 saturated carbocycles. The quantitative estimate of drug-likeness (QED) is 0.688. The third-order valence-electron chi connectivity index (χ3n) is 2.70. The number of hydrogen-bond donors (Lipinski definition) is 2. The standard InChI is InChI=1S/C14H11Br2ClN2O2/c1-21-13-11(16)4-7(17)5-12(13)19-14(20)9-6-8(18)2-3-10(9)15/h2-6H,18H2,1H3,(H,19,20). The molecule has 3 N–H and O–H groups in total. The number of carbonyl (C=O) groups is 1. The maximum absolute atomic E-state index is 12.4. The van der Waals surface area contributed by atoms with E-state index in [0.29, 0.717) is 36.7 Å². The second-order valence-electron chi connectivity index (χ2n) is 4.16. The van der Waals surface area contributed by atoms with Gasteiger partial charge >= 0.3 is 0 Å². The Labute approximate surface area is 143 Å². The van der Waals surface area contributed by atoms with Gasteiger partial charge in [0.25, 0.3) is 5.91 Å². The second-order valence-corrected chi connectivity index (χ2v) is 6.31. The van der Waals surface area contributed by atoms with E-state index in [-0.39, 0.29) is 5.91 Å². The summed E-state index contributed by atoms with van der Waals surface area (Å²) in [6.45, 7) is 0. The monoisotopic (exact) mass is 432 g/mol. The van der Waals surface area contributed by atoms with Crippen molar-refractivity contribution in [1.29, 1.82) is 0 Å². The molecular weight excluding hydrogens is 423 g/mol. The predicted octanol–water partition coefficient (Wildman–Crippen LogP) is 4.71. The van der Waals surface area contributed by atoms with Crippen molar-refractivity contribution in [3.05, 3.63) is 49.9 Å². The second kappa shape index (κ2) is 6.68. The first kappa shape index (κ1) is 16.1. The van der Waals surface area contributed by atoms with Gasteiger partial charge in [-0.2, -0.15) is 0 Å². The zero-order chi connectivity index (χ0) is 15.6. The summed E-state index contributed by atoms with van der Waals surface area (Å²) >= 11 is 12.7. The highest BCUT2D eigenvalue weighted by Crippen LogP contribution is 2.36. The van der Waals surface area contributed by atoms with Crippen molar-refractivity contribution >= 4 is 60.7 Å². The number of nitrogens with one attached hydrogen (secondary N) is 1. The Morgan fingerprint density at radius 1 is 1.24 bits per heavy atom. The Morgan fingerprint density at radius 2 is 1.95 bits per heavy atom. The van der Waals surface area contributed by atoms with E-state index in [4.69, 9.17) is 22.1 Å². The van der Waals surface area contributed by atoms with E-state index < -0.39 is 0 Å². The summed E-state index contributed by atoms with van der Waals surface area (Å²) in [7, 11) is 1.51. The number of anilines is 2. The maximum atomic E-state index is 12.4. The molecule has 2 rings (SSSR count). The van der Waals surface area contributed by atoms with Crippen LogP contribution in [0.5, 0.6) is 5.75 Å². The van der Waals surface area contributed by atoms with Crippen molar-refractivity contribution in [2.24, 2.45) is 0 Å². The molecule has 0 heterocycles. The van der Waals surface area contributed by atoms with Gasteiger partial charge in [-0.05, 0) is 62.2 Å². The molecule has 0 aliphatic rings. The van der Waals surface area contributed by atoms with Crippen molar-refractivity contribution < 1.29 is 9.53 Å². The minimum absolute atomic E-state index is 0.318. The lowest BCUT2D eigenvalue weighted by molar-refractivity contribution is 0.102. The van der Waals surface area contributed by atoms with E-state index in [1.165, 1.54) is 7.11 Å². The molecule has 110 valence electrons. The molecule has 2 aromatic carbocycles. The number of benzene rings is 2. The third-order valence-corrected chi connectivity index (χ3v) is 4.19. The number of ether oxygens (including phenoxy) is 1. The van der Waals surface area contributed by atoms with Crippen molar-refractivity contribution in [2.75, 3.05) is 18.2 Å². The average molecular weight is 435 g/mol. The van der Waals surface area contributed by atoms with Gasteiger partial charge in [0.05, 0.1) is 22.8 Å². The van der Waals surface area contributed by atoms with Crippen LogP contribution in [0.3, 0.4) is 0 Å². The molecule has 0 aromatic heterocycles. The van der Waals surface area contributed by atoms with E-state index >= 15 is 0 Å². The van der Waals surface area contributed by atoms with Gasteiger partial charge in [-0.15, -0.1) is 0 Å². The Morgan fingerprint density at radius 3 is 2.62 bits per heavy atom. The van der Waals surface area contributed by atoms with E-state index in [1.807, 2.05) is 0 Å². The summed E-state index contributed by atoms with van der Waals surface area (Å²) in [4.78, 5) is 12.4. The van der Waals surface area contributed by atoms with Crippen LogP contribution in [-0.4, -0.2) is 13.0 Å². The lowest BCUT2D eigenvalue weighted by atomic mass is 10.2. The van der Waals surface area contributed by atoms with Crippen LogP contribution in [0.25, 0.3) is 0 Å². The summed E-state index contributed by atoms with van der Waals surface area (Å²) in [6, 6.07) is 8.31. The van der Waals surface area contributed by atoms with Crippen LogP contribution in [0.1, 0.15) is 10.4 Å². The smallest absolute Gasteiger partial charge is 0.256 e. The van der Waals surface area contributed by atoms with E-state index in [1.54, 1.807) is 30.3 Å². The normalized spacial score (nSPS) is 10.3. The number of methoxy groups -OCH3 is 1. The molecule has 21 heavy (non-hydrogen) atoms. The molecule has 0 saturated heterocycles. The predicted molar refractivity (Wildman–Crippen MR) is 92.2 cm³/mol. The van der Waals surface area contributed by atoms with Crippen LogP contribution in [0.4, 0.5) is 11.4 Å². The molecule has 4 nitrogen and oxygen atoms in total. The number of nitrogen functional groups attached to an aromatic ring is 1. The minimum Gasteiger partial charge on any atom is -0.493 e. The van der Waals surface area contributed by atoms with Crippen molar-refractivity contribution in [3.63, 3.8) is 0 Å². The first-order valence-corrected chi connectivity index (χ1v) is 7.78. The van der Waals surface area contributed by atoms with Crippen LogP contribution in [0.2, 0.25) is 5.02 Å². The average Bonchev–Trinajstić information content (AvgIpc) is 2.41. The maximum Gasteiger partial charge on any atom is 0.256 e. The van der Waals surface area contributed by atoms with Gasteiger partial charge in [-0.25, -0.2) is 0 Å². The molecule has 0 radical (unpaired) electrons. The minimum atomic E-state index is -0.318. The van der Waals surface area contributed by atoms with Gasteiger partial charge in [0, 0.05) is 15.2 Å². The van der Waals surface area contributed by atoms with Crippen molar-refractivity contribution in [1.82, 2.24) is 0 Å². The molecule has 0 fully saturated rings. The highest BCUT2D eigenvalue weighted by molar-refractivity contribution is 9.10. The van der Waals surface area contributed by atoms with E-state index in [0.717, 1.165) is 0 Å². The Hall–Kier alpha value is -1.24. The molecule has 0 aliphatic carbocycles. The fourth-order valence-electron chi connectivity index (χ4n) is 1.77. The van der Waals surface area contributed by atoms with Crippen LogP contribution in [0.15, 0.2) is 39.3 Å². The molecule has 0 aliphatic heterocycles. The Kier molecular flexibility index (Phi) is 5.13. The summed E-state index contributed by atoms with van der Waals surface area (Å²) in [5.74, 6) is 0.175. The highest BCUT2D eigenvalue weighted by atomic mass is 79.9. The van der Waals surface area contributed by atoms with Gasteiger partial charge in [0.1, 0.15) is 0 Å². The molecule has 0 spiro atoms. The van der Waals surface area contributed by atoms with Crippen LogP contribution < -0.4 is 15.8 Å². The van der Waals surface area contributed by atoms with E-state index in [2.05, 4.69) is 37.2 Å². The zero-order valence-electron chi connectivity index (χ0n) is 10.9. The summed E-state index contributed by atoms with van der Waals surface area (Å²) < 4.78 is 6.56. The number of carbonyl (C=O) groups excluding carboxylic acids is 1. The van der Waals surface area contributed by atoms with Gasteiger partial charge in [-0.3, -0.25) is 4.79 Å². The lowest BCUT2D eigenvalue weighted by Gasteiger charge is -2.13. The Balaban J connectivity index is 2.38. The lowest BCUT2D eigenvalue weighted by Crippen LogP contribution is -2.14. The number of halogens is 3. The summed E-state index contributed by atoms with van der Waals surface area (Å²) in [5.41, 5.74) is 7.10. The molecule has 7 heteroatoms. The topological polar surface area (TPSA) is 64.3 Å². The van der Waals surface area contributed by atoms with E-state index in [9.17, 15) is 4.79 Å². The number of hydrogen-bond acceptors (Lipinski definition) is 3. The van der Waals surface area contributed by atoms with Gasteiger partial charge in [-0.1, -0.05) is 11.6 Å². The fraction of sp³-hybridized carbons (Fsp3) is 0.0714. The summed E-state index contributed by atoms with van der Waals surface area (Å²) in [6.07, 6.45) is 0. The van der Waals surface area contributed by atoms with Crippen molar-refractivity contribution in [2.45, 2.75) is 0 Å². The van der Waals surface area contributed by atoms with Gasteiger partial charge < -0.3 is 15.8 Å². The number of amides is 1. The highest BCUT2D eigenvalue weighted by Gasteiger charge is 2.15. The van der Waals surface area contributed by atoms with Crippen LogP contribution in [0, 0.1) is 0 Å². The SMILES string of the molecule is COc1c(Br)cc(Cl)cc1NC(=O)c1cc(N)ccc1Br. The first-order chi connectivity index (χ1) is 9.92. The zero-order valence-corrected chi connectivity index (χ0v) is 14.8. The number of nitrogens with two attached hydrogens (primary N) is 1. The molecule has 0 unspecified atom stereocenters. The molecule has 0 atom stereocenters. The first-order valence-electron chi connectivity index (χ1n) is 5.81. The van der Waals surface area contributed by atoms with Gasteiger partial charge in [0.15, 0.2) is 5.75 Å². The van der Waals surface area contributed by atoms with Crippen LogP contribution >= 0.6 is 43.5 Å². The van der Waals surface area contributed by atoms with Gasteiger partial charge in [0.2, 0.25) is 0 Å².